The fraction of sp³-hybridized carbons (Fsp3) is 0.0909. The standard InChI is InChI=1S/C11H8ClN3/c1-6-4-8(12)10-9(14-6)3-2-7-5-13-15-11(7)10/h2-5H,1H3,(H,13,15). The molecule has 0 unspecified atom stereocenters. The molecule has 3 nitrogen and oxygen atoms in total. The van der Waals surface area contributed by atoms with Crippen molar-refractivity contribution < 1.29 is 0 Å². The summed E-state index contributed by atoms with van der Waals surface area (Å²) in [7, 11) is 0. The molecule has 0 amide bonds. The molecule has 1 N–H and O–H groups in total. The third-order valence-electron chi connectivity index (χ3n) is 2.47. The van der Waals surface area contributed by atoms with Gasteiger partial charge in [0.05, 0.1) is 22.3 Å². The molecule has 0 aliphatic rings. The summed E-state index contributed by atoms with van der Waals surface area (Å²) in [5.74, 6) is 0. The number of H-pyrrole nitrogens is 1. The van der Waals surface area contributed by atoms with Gasteiger partial charge in [0.1, 0.15) is 0 Å². The van der Waals surface area contributed by atoms with Gasteiger partial charge in [0, 0.05) is 16.5 Å². The summed E-state index contributed by atoms with van der Waals surface area (Å²) in [6, 6.07) is 5.82. The minimum absolute atomic E-state index is 0.715. The van der Waals surface area contributed by atoms with Crippen LogP contribution in [-0.4, -0.2) is 15.2 Å². The van der Waals surface area contributed by atoms with Gasteiger partial charge in [0.25, 0.3) is 0 Å². The van der Waals surface area contributed by atoms with E-state index < -0.39 is 0 Å². The first kappa shape index (κ1) is 8.68. The van der Waals surface area contributed by atoms with Crippen LogP contribution in [0.4, 0.5) is 0 Å². The van der Waals surface area contributed by atoms with Crippen LogP contribution < -0.4 is 0 Å². The van der Waals surface area contributed by atoms with Gasteiger partial charge in [-0.15, -0.1) is 0 Å². The number of benzene rings is 1. The molecule has 2 aromatic heterocycles. The van der Waals surface area contributed by atoms with Crippen LogP contribution in [0.25, 0.3) is 21.8 Å². The van der Waals surface area contributed by atoms with Gasteiger partial charge in [-0.25, -0.2) is 0 Å². The third kappa shape index (κ3) is 1.20. The number of aryl methyl sites for hydroxylation is 1. The number of nitrogens with one attached hydrogen (secondary N) is 1. The molecule has 74 valence electrons. The van der Waals surface area contributed by atoms with Crippen molar-refractivity contribution in [2.45, 2.75) is 6.92 Å². The highest BCUT2D eigenvalue weighted by Crippen LogP contribution is 2.29. The smallest absolute Gasteiger partial charge is 0.0759 e. The van der Waals surface area contributed by atoms with Crippen LogP contribution in [0.5, 0.6) is 0 Å². The average Bonchev–Trinajstić information content (AvgIpc) is 2.63. The van der Waals surface area contributed by atoms with Crippen molar-refractivity contribution in [1.82, 2.24) is 15.2 Å². The number of fused-ring (bicyclic) bond motifs is 3. The number of pyridine rings is 1. The number of hydrogen-bond acceptors (Lipinski definition) is 2. The predicted molar refractivity (Wildman–Crippen MR) is 61.1 cm³/mol. The molecule has 2 heterocycles. The molecule has 3 aromatic rings. The van der Waals surface area contributed by atoms with Gasteiger partial charge in [0.2, 0.25) is 0 Å². The Balaban J connectivity index is 2.62. The molecule has 0 radical (unpaired) electrons. The van der Waals surface area contributed by atoms with Crippen molar-refractivity contribution in [2.75, 3.05) is 0 Å². The van der Waals surface area contributed by atoms with Crippen LogP contribution in [-0.2, 0) is 0 Å². The van der Waals surface area contributed by atoms with Crippen molar-refractivity contribution in [1.29, 1.82) is 0 Å². The zero-order valence-electron chi connectivity index (χ0n) is 8.08. The van der Waals surface area contributed by atoms with E-state index in [0.29, 0.717) is 5.02 Å². The van der Waals surface area contributed by atoms with E-state index in [1.54, 1.807) is 6.20 Å². The monoisotopic (exact) mass is 217 g/mol. The summed E-state index contributed by atoms with van der Waals surface area (Å²) in [6.07, 6.45) is 1.78. The van der Waals surface area contributed by atoms with Crippen LogP contribution >= 0.6 is 11.6 Å². The van der Waals surface area contributed by atoms with E-state index in [-0.39, 0.29) is 0 Å². The van der Waals surface area contributed by atoms with Crippen molar-refractivity contribution in [3.05, 3.63) is 35.1 Å². The Kier molecular flexibility index (Phi) is 1.70. The topological polar surface area (TPSA) is 41.6 Å². The highest BCUT2D eigenvalue weighted by molar-refractivity contribution is 6.37. The van der Waals surface area contributed by atoms with Gasteiger partial charge in [-0.05, 0) is 25.1 Å². The molecular formula is C11H8ClN3. The molecule has 0 aliphatic carbocycles. The van der Waals surface area contributed by atoms with Crippen LogP contribution in [0, 0.1) is 6.92 Å². The van der Waals surface area contributed by atoms with E-state index in [4.69, 9.17) is 11.6 Å². The molecule has 0 aliphatic heterocycles. The van der Waals surface area contributed by atoms with E-state index in [1.165, 1.54) is 0 Å². The molecule has 0 saturated carbocycles. The summed E-state index contributed by atoms with van der Waals surface area (Å²) in [6.45, 7) is 1.93. The van der Waals surface area contributed by atoms with Crippen LogP contribution in [0.15, 0.2) is 24.4 Å². The number of halogens is 1. The number of aromatic amines is 1. The molecule has 0 spiro atoms. The van der Waals surface area contributed by atoms with Crippen LogP contribution in [0.2, 0.25) is 5.02 Å². The van der Waals surface area contributed by atoms with Gasteiger partial charge in [-0.3, -0.25) is 10.1 Å². The Morgan fingerprint density at radius 1 is 1.33 bits per heavy atom. The first-order valence-corrected chi connectivity index (χ1v) is 5.02. The molecule has 1 aromatic carbocycles. The Hall–Kier alpha value is -1.61. The molecule has 4 heteroatoms. The maximum atomic E-state index is 6.21. The normalized spacial score (nSPS) is 11.3. The summed E-state index contributed by atoms with van der Waals surface area (Å²) in [5, 5.41) is 9.66. The third-order valence-corrected chi connectivity index (χ3v) is 2.76. The molecule has 0 bridgehead atoms. The van der Waals surface area contributed by atoms with Crippen molar-refractivity contribution in [2.24, 2.45) is 0 Å². The SMILES string of the molecule is Cc1cc(Cl)c2c(ccc3cn[nH]c32)n1. The second-order valence-electron chi connectivity index (χ2n) is 3.54. The Morgan fingerprint density at radius 2 is 2.20 bits per heavy atom. The predicted octanol–water partition coefficient (Wildman–Crippen LogP) is 3.07. The van der Waals surface area contributed by atoms with E-state index >= 15 is 0 Å². The van der Waals surface area contributed by atoms with E-state index in [0.717, 1.165) is 27.5 Å². The highest BCUT2D eigenvalue weighted by Gasteiger charge is 2.07. The van der Waals surface area contributed by atoms with Crippen LogP contribution in [0.1, 0.15) is 5.69 Å². The summed E-state index contributed by atoms with van der Waals surface area (Å²) >= 11 is 6.21. The molecule has 0 saturated heterocycles. The number of rotatable bonds is 0. The summed E-state index contributed by atoms with van der Waals surface area (Å²) < 4.78 is 0. The fourth-order valence-electron chi connectivity index (χ4n) is 1.81. The average molecular weight is 218 g/mol. The van der Waals surface area contributed by atoms with Crippen molar-refractivity contribution in [3.63, 3.8) is 0 Å². The molecular weight excluding hydrogens is 210 g/mol. The van der Waals surface area contributed by atoms with Gasteiger partial charge in [-0.1, -0.05) is 11.6 Å². The highest BCUT2D eigenvalue weighted by atomic mass is 35.5. The van der Waals surface area contributed by atoms with E-state index in [9.17, 15) is 0 Å². The number of hydrogen-bond donors (Lipinski definition) is 1. The number of aromatic nitrogens is 3. The molecule has 3 rings (SSSR count). The summed E-state index contributed by atoms with van der Waals surface area (Å²) in [5.41, 5.74) is 2.77. The lowest BCUT2D eigenvalue weighted by atomic mass is 10.1. The quantitative estimate of drug-likeness (QED) is 0.629. The second kappa shape index (κ2) is 2.94. The lowest BCUT2D eigenvalue weighted by molar-refractivity contribution is 1.12. The van der Waals surface area contributed by atoms with Gasteiger partial charge >= 0.3 is 0 Å². The molecule has 0 fully saturated rings. The first-order chi connectivity index (χ1) is 7.25. The van der Waals surface area contributed by atoms with Crippen molar-refractivity contribution >= 4 is 33.4 Å². The maximum absolute atomic E-state index is 6.21. The lowest BCUT2D eigenvalue weighted by Gasteiger charge is -2.02. The maximum Gasteiger partial charge on any atom is 0.0759 e. The zero-order chi connectivity index (χ0) is 10.4. The number of nitrogens with zero attached hydrogens (tertiary/aromatic N) is 2. The summed E-state index contributed by atoms with van der Waals surface area (Å²) in [4.78, 5) is 4.43. The zero-order valence-corrected chi connectivity index (χ0v) is 8.84. The van der Waals surface area contributed by atoms with Gasteiger partial charge < -0.3 is 0 Å². The Morgan fingerprint density at radius 3 is 3.07 bits per heavy atom. The van der Waals surface area contributed by atoms with Crippen LogP contribution in [0.3, 0.4) is 0 Å². The fourth-order valence-corrected chi connectivity index (χ4v) is 2.16. The van der Waals surface area contributed by atoms with E-state index in [1.807, 2.05) is 25.1 Å². The van der Waals surface area contributed by atoms with E-state index in [2.05, 4.69) is 15.2 Å². The largest absolute Gasteiger partial charge is 0.277 e. The lowest BCUT2D eigenvalue weighted by Crippen LogP contribution is -1.85. The molecule has 15 heavy (non-hydrogen) atoms. The Bertz CT molecular complexity index is 657. The van der Waals surface area contributed by atoms with Gasteiger partial charge in [-0.2, -0.15) is 5.10 Å². The van der Waals surface area contributed by atoms with Crippen molar-refractivity contribution in [3.8, 4) is 0 Å². The second-order valence-corrected chi connectivity index (χ2v) is 3.95. The first-order valence-electron chi connectivity index (χ1n) is 4.64. The molecule has 0 atom stereocenters. The Labute approximate surface area is 91.1 Å². The van der Waals surface area contributed by atoms with Gasteiger partial charge in [0.15, 0.2) is 0 Å². The minimum Gasteiger partial charge on any atom is -0.277 e. The minimum atomic E-state index is 0.715.